The van der Waals surface area contributed by atoms with Gasteiger partial charge in [-0.1, -0.05) is 12.1 Å². The molecule has 0 bridgehead atoms. The van der Waals surface area contributed by atoms with Crippen molar-refractivity contribution in [2.24, 2.45) is 0 Å². The first-order chi connectivity index (χ1) is 12.6. The molecular weight excluding hydrogens is 346 g/mol. The number of carbonyl (C=O) groups is 1. The molecule has 1 aliphatic heterocycles. The van der Waals surface area contributed by atoms with E-state index >= 15 is 0 Å². The largest absolute Gasteiger partial charge is 0.465 e. The lowest BCUT2D eigenvalue weighted by Gasteiger charge is -2.13. The van der Waals surface area contributed by atoms with E-state index in [-0.39, 0.29) is 5.91 Å². The highest BCUT2D eigenvalue weighted by atomic mass is 32.2. The summed E-state index contributed by atoms with van der Waals surface area (Å²) in [6.07, 6.45) is 4.72. The fraction of sp³-hybridized carbons (Fsp3) is 0.200. The maximum atomic E-state index is 12.5. The van der Waals surface area contributed by atoms with Crippen molar-refractivity contribution >= 4 is 29.6 Å². The zero-order valence-corrected chi connectivity index (χ0v) is 15.5. The van der Waals surface area contributed by atoms with Crippen LogP contribution in [0.5, 0.6) is 0 Å². The number of rotatable bonds is 4. The normalized spacial score (nSPS) is 13.3. The second-order valence-electron chi connectivity index (χ2n) is 6.24. The summed E-state index contributed by atoms with van der Waals surface area (Å²) < 4.78 is 7.09. The molecule has 0 fully saturated rings. The lowest BCUT2D eigenvalue weighted by Crippen LogP contribution is -2.14. The summed E-state index contributed by atoms with van der Waals surface area (Å²) in [6, 6.07) is 9.72. The Kier molecular flexibility index (Phi) is 4.42. The van der Waals surface area contributed by atoms with Gasteiger partial charge in [-0.25, -0.2) is 4.68 Å². The van der Waals surface area contributed by atoms with Crippen molar-refractivity contribution in [3.05, 3.63) is 70.8 Å². The van der Waals surface area contributed by atoms with Crippen LogP contribution >= 0.6 is 11.8 Å². The van der Waals surface area contributed by atoms with Crippen molar-refractivity contribution in [2.75, 3.05) is 5.32 Å². The van der Waals surface area contributed by atoms with Crippen molar-refractivity contribution in [3.63, 3.8) is 0 Å². The maximum Gasteiger partial charge on any atom is 0.249 e. The van der Waals surface area contributed by atoms with Crippen molar-refractivity contribution in [2.45, 2.75) is 25.4 Å². The van der Waals surface area contributed by atoms with Gasteiger partial charge >= 0.3 is 0 Å². The minimum absolute atomic E-state index is 0.201. The summed E-state index contributed by atoms with van der Waals surface area (Å²) in [6.45, 7) is 4.16. The van der Waals surface area contributed by atoms with Crippen molar-refractivity contribution < 1.29 is 9.21 Å². The number of amides is 1. The zero-order valence-electron chi connectivity index (χ0n) is 14.7. The highest BCUT2D eigenvalue weighted by molar-refractivity contribution is 7.98. The van der Waals surface area contributed by atoms with Gasteiger partial charge in [0.1, 0.15) is 11.6 Å². The third-order valence-corrected chi connectivity index (χ3v) is 5.51. The summed E-state index contributed by atoms with van der Waals surface area (Å²) in [4.78, 5) is 12.5. The molecule has 0 spiro atoms. The number of aromatic nitrogens is 2. The Hall–Kier alpha value is -2.73. The number of nitrogens with one attached hydrogen (secondary N) is 1. The van der Waals surface area contributed by atoms with Crippen molar-refractivity contribution in [1.29, 1.82) is 0 Å². The van der Waals surface area contributed by atoms with Gasteiger partial charge in [-0.3, -0.25) is 4.79 Å². The van der Waals surface area contributed by atoms with Crippen LogP contribution in [-0.4, -0.2) is 15.7 Å². The van der Waals surface area contributed by atoms with E-state index in [0.29, 0.717) is 5.76 Å². The smallest absolute Gasteiger partial charge is 0.249 e. The highest BCUT2D eigenvalue weighted by Crippen LogP contribution is 2.36. The van der Waals surface area contributed by atoms with Gasteiger partial charge in [0.05, 0.1) is 17.6 Å². The second kappa shape index (κ2) is 6.88. The Balaban J connectivity index is 1.69. The Bertz CT molecular complexity index is 987. The Morgan fingerprint density at radius 2 is 2.15 bits per heavy atom. The van der Waals surface area contributed by atoms with Crippen LogP contribution in [0.2, 0.25) is 0 Å². The summed E-state index contributed by atoms with van der Waals surface area (Å²) in [5.74, 6) is 2.93. The number of thioether (sulfide) groups is 1. The van der Waals surface area contributed by atoms with Gasteiger partial charge in [-0.05, 0) is 49.2 Å². The van der Waals surface area contributed by atoms with E-state index in [1.54, 1.807) is 24.5 Å². The molecule has 5 nitrogen and oxygen atoms in total. The number of hydrogen-bond donors (Lipinski definition) is 1. The molecule has 0 saturated carbocycles. The molecule has 1 amide bonds. The molecule has 3 aromatic rings. The number of aryl methyl sites for hydroxylation is 1. The van der Waals surface area contributed by atoms with Crippen LogP contribution in [0.3, 0.4) is 0 Å². The maximum absolute atomic E-state index is 12.5. The summed E-state index contributed by atoms with van der Waals surface area (Å²) in [5, 5.41) is 7.78. The number of hydrogen-bond acceptors (Lipinski definition) is 4. The van der Waals surface area contributed by atoms with Crippen molar-refractivity contribution in [3.8, 4) is 5.69 Å². The minimum atomic E-state index is -0.201. The lowest BCUT2D eigenvalue weighted by molar-refractivity contribution is -0.111. The van der Waals surface area contributed by atoms with Gasteiger partial charge in [0, 0.05) is 23.1 Å². The van der Waals surface area contributed by atoms with E-state index in [1.807, 2.05) is 28.6 Å². The standard InChI is InChI=1S/C20H19N3O2S/c1-13-5-3-7-18(14(13)2)23-20(16-11-26-12-17(16)22-23)21-19(24)9-8-15-6-4-10-25-15/h3-10H,11-12H2,1-2H3,(H,21,24). The quantitative estimate of drug-likeness (QED) is 0.693. The summed E-state index contributed by atoms with van der Waals surface area (Å²) in [5.41, 5.74) is 5.50. The number of carbonyl (C=O) groups excluding carboxylic acids is 1. The van der Waals surface area contributed by atoms with Crippen LogP contribution in [0.4, 0.5) is 5.82 Å². The first kappa shape index (κ1) is 16.7. The van der Waals surface area contributed by atoms with E-state index in [0.717, 1.165) is 39.8 Å². The van der Waals surface area contributed by atoms with E-state index in [4.69, 9.17) is 9.52 Å². The van der Waals surface area contributed by atoms with Crippen LogP contribution in [0.15, 0.2) is 47.1 Å². The number of nitrogens with zero attached hydrogens (tertiary/aromatic N) is 2. The first-order valence-corrected chi connectivity index (χ1v) is 9.56. The SMILES string of the molecule is Cc1cccc(-n2nc3c(c2NC(=O)C=Cc2ccco2)CSC3)c1C. The number of benzene rings is 1. The molecule has 1 N–H and O–H groups in total. The molecule has 1 aromatic carbocycles. The first-order valence-electron chi connectivity index (χ1n) is 8.41. The topological polar surface area (TPSA) is 60.1 Å². The second-order valence-corrected chi connectivity index (χ2v) is 7.22. The molecule has 0 unspecified atom stereocenters. The molecule has 0 radical (unpaired) electrons. The number of anilines is 1. The van der Waals surface area contributed by atoms with E-state index in [1.165, 1.54) is 11.6 Å². The van der Waals surface area contributed by atoms with Gasteiger partial charge in [0.2, 0.25) is 5.91 Å². The van der Waals surface area contributed by atoms with Gasteiger partial charge in [0.25, 0.3) is 0 Å². The predicted molar refractivity (Wildman–Crippen MR) is 104 cm³/mol. The molecule has 132 valence electrons. The van der Waals surface area contributed by atoms with Crippen molar-refractivity contribution in [1.82, 2.24) is 9.78 Å². The van der Waals surface area contributed by atoms with Crippen LogP contribution in [0.25, 0.3) is 11.8 Å². The van der Waals surface area contributed by atoms with Gasteiger partial charge in [-0.2, -0.15) is 16.9 Å². The van der Waals surface area contributed by atoms with Gasteiger partial charge < -0.3 is 9.73 Å². The Labute approximate surface area is 156 Å². The molecule has 0 aliphatic carbocycles. The molecule has 4 rings (SSSR count). The predicted octanol–water partition coefficient (Wildman–Crippen LogP) is 4.48. The third kappa shape index (κ3) is 3.08. The van der Waals surface area contributed by atoms with Crippen LogP contribution in [0.1, 0.15) is 28.1 Å². The number of furan rings is 1. The highest BCUT2D eigenvalue weighted by Gasteiger charge is 2.25. The average molecular weight is 365 g/mol. The Morgan fingerprint density at radius 1 is 1.27 bits per heavy atom. The number of fused-ring (bicyclic) bond motifs is 1. The summed E-state index contributed by atoms with van der Waals surface area (Å²) >= 11 is 1.81. The van der Waals surface area contributed by atoms with Crippen LogP contribution < -0.4 is 5.32 Å². The molecule has 0 saturated heterocycles. The molecule has 2 aromatic heterocycles. The molecule has 1 aliphatic rings. The Morgan fingerprint density at radius 3 is 2.96 bits per heavy atom. The minimum Gasteiger partial charge on any atom is -0.465 e. The van der Waals surface area contributed by atoms with Crippen LogP contribution in [0, 0.1) is 13.8 Å². The monoisotopic (exact) mass is 365 g/mol. The third-order valence-electron chi connectivity index (χ3n) is 4.54. The molecule has 3 heterocycles. The molecule has 6 heteroatoms. The summed E-state index contributed by atoms with van der Waals surface area (Å²) in [7, 11) is 0. The van der Waals surface area contributed by atoms with Crippen LogP contribution in [-0.2, 0) is 16.3 Å². The molecular formula is C20H19N3O2S. The van der Waals surface area contributed by atoms with E-state index in [2.05, 4.69) is 25.2 Å². The van der Waals surface area contributed by atoms with Gasteiger partial charge in [0.15, 0.2) is 0 Å². The van der Waals surface area contributed by atoms with Gasteiger partial charge in [-0.15, -0.1) is 0 Å². The average Bonchev–Trinajstić information content (AvgIpc) is 3.35. The molecule has 26 heavy (non-hydrogen) atoms. The fourth-order valence-corrected chi connectivity index (χ4v) is 4.02. The zero-order chi connectivity index (χ0) is 18.1. The van der Waals surface area contributed by atoms with E-state index in [9.17, 15) is 4.79 Å². The lowest BCUT2D eigenvalue weighted by atomic mass is 10.1. The van der Waals surface area contributed by atoms with E-state index < -0.39 is 0 Å². The molecule has 0 atom stereocenters. The fourth-order valence-electron chi connectivity index (χ4n) is 2.98.